The van der Waals surface area contributed by atoms with Crippen LogP contribution in [0.1, 0.15) is 22.5 Å². The molecule has 0 unspecified atom stereocenters. The minimum atomic E-state index is -3.96. The fraction of sp³-hybridized carbons (Fsp3) is 0.190. The molecule has 0 aliphatic carbocycles. The Morgan fingerprint density at radius 1 is 0.929 bits per heavy atom. The van der Waals surface area contributed by atoms with Gasteiger partial charge in [0.2, 0.25) is 11.2 Å². The third-order valence-corrected chi connectivity index (χ3v) is 5.47. The predicted molar refractivity (Wildman–Crippen MR) is 104 cm³/mol. The lowest BCUT2D eigenvalue weighted by Gasteiger charge is -2.08. The summed E-state index contributed by atoms with van der Waals surface area (Å²) in [6, 6.07) is 15.3. The summed E-state index contributed by atoms with van der Waals surface area (Å²) in [4.78, 5) is 12.2. The highest BCUT2D eigenvalue weighted by atomic mass is 32.2. The van der Waals surface area contributed by atoms with E-state index >= 15 is 0 Å². The van der Waals surface area contributed by atoms with Gasteiger partial charge < -0.3 is 9.15 Å². The zero-order valence-electron chi connectivity index (χ0n) is 15.5. The first-order valence-electron chi connectivity index (χ1n) is 8.60. The van der Waals surface area contributed by atoms with Crippen molar-refractivity contribution in [2.45, 2.75) is 32.0 Å². The van der Waals surface area contributed by atoms with E-state index in [1.807, 2.05) is 44.2 Å². The van der Waals surface area contributed by atoms with Crippen molar-refractivity contribution in [3.05, 3.63) is 93.5 Å². The lowest BCUT2D eigenvalue weighted by Crippen LogP contribution is -2.10. The van der Waals surface area contributed by atoms with Crippen LogP contribution in [0.2, 0.25) is 0 Å². The van der Waals surface area contributed by atoms with Crippen LogP contribution in [-0.2, 0) is 27.5 Å². The van der Waals surface area contributed by atoms with Gasteiger partial charge in [0.25, 0.3) is 10.1 Å². The summed E-state index contributed by atoms with van der Waals surface area (Å²) in [7, 11) is -3.96. The van der Waals surface area contributed by atoms with Crippen molar-refractivity contribution in [2.75, 3.05) is 0 Å². The van der Waals surface area contributed by atoms with E-state index < -0.39 is 15.5 Å². The van der Waals surface area contributed by atoms with Gasteiger partial charge in [-0.1, -0.05) is 36.4 Å². The van der Waals surface area contributed by atoms with Crippen molar-refractivity contribution in [1.82, 2.24) is 0 Å². The van der Waals surface area contributed by atoms with Crippen LogP contribution in [-0.4, -0.2) is 8.42 Å². The maximum absolute atomic E-state index is 12.3. The molecule has 0 radical (unpaired) electrons. The molecule has 2 aromatic carbocycles. The van der Waals surface area contributed by atoms with E-state index in [1.54, 1.807) is 12.1 Å². The van der Waals surface area contributed by atoms with Crippen LogP contribution in [0.3, 0.4) is 0 Å². The smallest absolute Gasteiger partial charge is 0.297 e. The van der Waals surface area contributed by atoms with Crippen molar-refractivity contribution in [2.24, 2.45) is 0 Å². The Labute approximate surface area is 163 Å². The molecule has 0 saturated heterocycles. The van der Waals surface area contributed by atoms with E-state index in [0.29, 0.717) is 0 Å². The Hall–Kier alpha value is -2.90. The summed E-state index contributed by atoms with van der Waals surface area (Å²) >= 11 is 0. The van der Waals surface area contributed by atoms with Crippen LogP contribution in [0.4, 0.5) is 0 Å². The number of benzene rings is 2. The molecule has 0 aliphatic heterocycles. The molecule has 3 aromatic rings. The summed E-state index contributed by atoms with van der Waals surface area (Å²) in [6.45, 7) is 3.55. The third kappa shape index (κ3) is 4.88. The first-order chi connectivity index (χ1) is 13.3. The molecule has 0 spiro atoms. The van der Waals surface area contributed by atoms with Gasteiger partial charge in [0, 0.05) is 6.07 Å². The van der Waals surface area contributed by atoms with E-state index in [-0.39, 0.29) is 29.6 Å². The average Bonchev–Trinajstić information content (AvgIpc) is 2.68. The lowest BCUT2D eigenvalue weighted by atomic mass is 10.1. The van der Waals surface area contributed by atoms with Gasteiger partial charge in [-0.3, -0.25) is 8.98 Å². The molecule has 7 heteroatoms. The van der Waals surface area contributed by atoms with Crippen molar-refractivity contribution < 1.29 is 21.8 Å². The van der Waals surface area contributed by atoms with Crippen molar-refractivity contribution in [3.63, 3.8) is 0 Å². The topological polar surface area (TPSA) is 82.8 Å². The summed E-state index contributed by atoms with van der Waals surface area (Å²) in [5, 5.41) is 0. The molecule has 28 heavy (non-hydrogen) atoms. The second kappa shape index (κ2) is 8.41. The minimum absolute atomic E-state index is 0.0459. The largest absolute Gasteiger partial charge is 0.482 e. The highest BCUT2D eigenvalue weighted by molar-refractivity contribution is 7.86. The van der Waals surface area contributed by atoms with Gasteiger partial charge in [-0.15, -0.1) is 0 Å². The van der Waals surface area contributed by atoms with Crippen LogP contribution in [0, 0.1) is 13.8 Å². The number of hydrogen-bond acceptors (Lipinski definition) is 6. The Morgan fingerprint density at radius 3 is 2.36 bits per heavy atom. The van der Waals surface area contributed by atoms with E-state index in [9.17, 15) is 13.2 Å². The predicted octanol–water partition coefficient (Wildman–Crippen LogP) is 3.74. The second-order valence-electron chi connectivity index (χ2n) is 6.31. The molecule has 0 bridgehead atoms. The van der Waals surface area contributed by atoms with E-state index in [2.05, 4.69) is 0 Å². The molecule has 146 valence electrons. The van der Waals surface area contributed by atoms with Gasteiger partial charge in [0.15, 0.2) is 0 Å². The fourth-order valence-electron chi connectivity index (χ4n) is 2.43. The maximum atomic E-state index is 12.3. The van der Waals surface area contributed by atoms with E-state index in [0.717, 1.165) is 29.0 Å². The summed E-state index contributed by atoms with van der Waals surface area (Å²) in [6.07, 6.45) is 1.16. The monoisotopic (exact) mass is 400 g/mol. The molecule has 6 nitrogen and oxygen atoms in total. The summed E-state index contributed by atoms with van der Waals surface area (Å²) in [5.74, 6) is 0.133. The zero-order chi connectivity index (χ0) is 20.1. The Kier molecular flexibility index (Phi) is 5.96. The lowest BCUT2D eigenvalue weighted by molar-refractivity contribution is 0.257. The van der Waals surface area contributed by atoms with Gasteiger partial charge in [-0.05, 0) is 42.7 Å². The Balaban J connectivity index is 1.65. The van der Waals surface area contributed by atoms with Crippen molar-refractivity contribution >= 4 is 10.1 Å². The number of aryl methyl sites for hydroxylation is 2. The van der Waals surface area contributed by atoms with Crippen LogP contribution >= 0.6 is 0 Å². The van der Waals surface area contributed by atoms with Crippen LogP contribution in [0.15, 0.2) is 75.0 Å². The van der Waals surface area contributed by atoms with E-state index in [4.69, 9.17) is 13.3 Å². The second-order valence-corrected chi connectivity index (χ2v) is 7.93. The molecule has 0 atom stereocenters. The molecule has 1 heterocycles. The zero-order valence-corrected chi connectivity index (χ0v) is 16.4. The highest BCUT2D eigenvalue weighted by Crippen LogP contribution is 2.18. The summed E-state index contributed by atoms with van der Waals surface area (Å²) in [5.41, 5.74) is 2.32. The number of ether oxygens (including phenoxy) is 1. The first-order valence-corrected chi connectivity index (χ1v) is 10.0. The molecule has 0 saturated carbocycles. The van der Waals surface area contributed by atoms with E-state index in [1.165, 1.54) is 6.07 Å². The number of hydrogen-bond donors (Lipinski definition) is 0. The highest BCUT2D eigenvalue weighted by Gasteiger charge is 2.17. The maximum Gasteiger partial charge on any atom is 0.297 e. The van der Waals surface area contributed by atoms with Gasteiger partial charge in [-0.2, -0.15) is 8.42 Å². The standard InChI is InChI=1S/C21H20O6S/c1-15-8-9-19(10-16(15)2)28(23,24)27-13-18-11-20(22)21(14-25-18)26-12-17-6-4-3-5-7-17/h3-11,14H,12-13H2,1-2H3. The van der Waals surface area contributed by atoms with Crippen molar-refractivity contribution in [3.8, 4) is 5.75 Å². The molecule has 0 N–H and O–H groups in total. The quantitative estimate of drug-likeness (QED) is 0.562. The van der Waals surface area contributed by atoms with Crippen LogP contribution < -0.4 is 10.2 Å². The normalized spacial score (nSPS) is 11.4. The molecular formula is C21H20O6S. The molecule has 1 aromatic heterocycles. The van der Waals surface area contributed by atoms with Gasteiger partial charge in [0.1, 0.15) is 25.2 Å². The van der Waals surface area contributed by atoms with Crippen LogP contribution in [0.25, 0.3) is 0 Å². The third-order valence-electron chi connectivity index (χ3n) is 4.21. The van der Waals surface area contributed by atoms with Gasteiger partial charge in [0.05, 0.1) is 4.90 Å². The SMILES string of the molecule is Cc1ccc(S(=O)(=O)OCc2cc(=O)c(OCc3ccccc3)co2)cc1C. The average molecular weight is 400 g/mol. The summed E-state index contributed by atoms with van der Waals surface area (Å²) < 4.78 is 40.4. The molecular weight excluding hydrogens is 380 g/mol. The van der Waals surface area contributed by atoms with Gasteiger partial charge >= 0.3 is 0 Å². The molecule has 0 fully saturated rings. The van der Waals surface area contributed by atoms with Gasteiger partial charge in [-0.25, -0.2) is 0 Å². The first kappa shape index (κ1) is 19.9. The minimum Gasteiger partial charge on any atom is -0.482 e. The molecule has 3 rings (SSSR count). The molecule has 0 aliphatic rings. The number of rotatable bonds is 7. The van der Waals surface area contributed by atoms with Crippen molar-refractivity contribution in [1.29, 1.82) is 0 Å². The molecule has 0 amide bonds. The Bertz CT molecular complexity index is 1120. The fourth-order valence-corrected chi connectivity index (χ4v) is 3.39. The van der Waals surface area contributed by atoms with Crippen LogP contribution in [0.5, 0.6) is 5.75 Å². The Morgan fingerprint density at radius 2 is 1.68 bits per heavy atom.